The molecule has 1 heterocycles. The summed E-state index contributed by atoms with van der Waals surface area (Å²) in [5.74, 6) is -0.438. The van der Waals surface area contributed by atoms with E-state index >= 15 is 0 Å². The summed E-state index contributed by atoms with van der Waals surface area (Å²) < 4.78 is 14.3. The number of aryl methyl sites for hydroxylation is 1. The molecule has 0 bridgehead atoms. The van der Waals surface area contributed by atoms with Gasteiger partial charge in [-0.2, -0.15) is 0 Å². The van der Waals surface area contributed by atoms with E-state index < -0.39 is 0 Å². The molecule has 0 N–H and O–H groups in total. The first-order chi connectivity index (χ1) is 8.58. The predicted molar refractivity (Wildman–Crippen MR) is 64.8 cm³/mol. The highest BCUT2D eigenvalue weighted by Gasteiger charge is 2.19. The minimum atomic E-state index is -0.357. The molecule has 18 heavy (non-hydrogen) atoms. The molecule has 0 saturated heterocycles. The zero-order chi connectivity index (χ0) is 13.1. The van der Waals surface area contributed by atoms with Crippen LogP contribution < -0.4 is 0 Å². The van der Waals surface area contributed by atoms with Crippen LogP contribution in [0.3, 0.4) is 0 Å². The molecule has 0 amide bonds. The quantitative estimate of drug-likeness (QED) is 0.623. The number of carbonyl (C=O) groups is 1. The van der Waals surface area contributed by atoms with E-state index in [0.29, 0.717) is 10.7 Å². The van der Waals surface area contributed by atoms with Crippen LogP contribution >= 0.6 is 11.8 Å². The van der Waals surface area contributed by atoms with Gasteiger partial charge in [-0.1, -0.05) is 11.8 Å². The lowest BCUT2D eigenvalue weighted by molar-refractivity contribution is 0.0994. The van der Waals surface area contributed by atoms with Crippen molar-refractivity contribution < 1.29 is 9.18 Å². The van der Waals surface area contributed by atoms with Crippen LogP contribution in [0.2, 0.25) is 0 Å². The SMILES string of the molecule is CC(Sc1nnnn1C)C(=O)c1ccc(F)cc1. The highest BCUT2D eigenvalue weighted by atomic mass is 32.2. The number of benzene rings is 1. The molecule has 0 spiro atoms. The van der Waals surface area contributed by atoms with Gasteiger partial charge in [0.05, 0.1) is 5.25 Å². The Kier molecular flexibility index (Phi) is 3.71. The van der Waals surface area contributed by atoms with Crippen LogP contribution in [0.1, 0.15) is 17.3 Å². The molecule has 94 valence electrons. The molecular formula is C11H11FN4OS. The number of carbonyl (C=O) groups excluding carboxylic acids is 1. The lowest BCUT2D eigenvalue weighted by Gasteiger charge is -2.08. The Hall–Kier alpha value is -1.76. The average molecular weight is 266 g/mol. The molecule has 0 fully saturated rings. The molecule has 0 radical (unpaired) electrons. The molecule has 2 aromatic rings. The van der Waals surface area contributed by atoms with Gasteiger partial charge in [-0.05, 0) is 41.6 Å². The Labute approximate surface area is 107 Å². The van der Waals surface area contributed by atoms with Gasteiger partial charge in [0.1, 0.15) is 5.82 Å². The molecular weight excluding hydrogens is 255 g/mol. The Bertz CT molecular complexity index is 554. The van der Waals surface area contributed by atoms with E-state index in [-0.39, 0.29) is 16.9 Å². The monoisotopic (exact) mass is 266 g/mol. The summed E-state index contributed by atoms with van der Waals surface area (Å²) in [6, 6.07) is 5.50. The molecule has 2 rings (SSSR count). The van der Waals surface area contributed by atoms with E-state index in [2.05, 4.69) is 15.5 Å². The Morgan fingerprint density at radius 1 is 1.39 bits per heavy atom. The van der Waals surface area contributed by atoms with Gasteiger partial charge in [-0.15, -0.1) is 5.10 Å². The van der Waals surface area contributed by atoms with Gasteiger partial charge in [-0.25, -0.2) is 9.07 Å². The molecule has 1 atom stereocenters. The van der Waals surface area contributed by atoms with Crippen LogP contribution in [-0.4, -0.2) is 31.2 Å². The molecule has 0 aliphatic rings. The standard InChI is InChI=1S/C11H11FN4OS/c1-7(18-11-13-14-15-16(11)2)10(17)8-3-5-9(12)6-4-8/h3-7H,1-2H3. The highest BCUT2D eigenvalue weighted by Crippen LogP contribution is 2.22. The summed E-state index contributed by atoms with van der Waals surface area (Å²) in [6.45, 7) is 1.77. The molecule has 0 aliphatic carbocycles. The van der Waals surface area contributed by atoms with E-state index in [9.17, 15) is 9.18 Å². The summed E-state index contributed by atoms with van der Waals surface area (Å²) in [5.41, 5.74) is 0.478. The van der Waals surface area contributed by atoms with Crippen LogP contribution in [0.4, 0.5) is 4.39 Å². The third-order valence-electron chi connectivity index (χ3n) is 2.36. The Balaban J connectivity index is 2.09. The van der Waals surface area contributed by atoms with Gasteiger partial charge < -0.3 is 0 Å². The second kappa shape index (κ2) is 5.26. The van der Waals surface area contributed by atoms with Gasteiger partial charge in [-0.3, -0.25) is 4.79 Å². The van der Waals surface area contributed by atoms with Crippen LogP contribution in [0, 0.1) is 5.82 Å². The molecule has 0 aliphatic heterocycles. The maximum atomic E-state index is 12.8. The van der Waals surface area contributed by atoms with Gasteiger partial charge in [0.15, 0.2) is 5.78 Å². The van der Waals surface area contributed by atoms with Crippen molar-refractivity contribution in [2.75, 3.05) is 0 Å². The number of hydrogen-bond acceptors (Lipinski definition) is 5. The smallest absolute Gasteiger partial charge is 0.209 e. The lowest BCUT2D eigenvalue weighted by atomic mass is 10.1. The molecule has 5 nitrogen and oxygen atoms in total. The second-order valence-electron chi connectivity index (χ2n) is 3.72. The fraction of sp³-hybridized carbons (Fsp3) is 0.273. The van der Waals surface area contributed by atoms with E-state index in [1.54, 1.807) is 14.0 Å². The van der Waals surface area contributed by atoms with Gasteiger partial charge in [0.25, 0.3) is 0 Å². The number of aromatic nitrogens is 4. The maximum absolute atomic E-state index is 12.8. The van der Waals surface area contributed by atoms with Crippen molar-refractivity contribution in [1.82, 2.24) is 20.2 Å². The van der Waals surface area contributed by atoms with Crippen molar-refractivity contribution in [2.24, 2.45) is 7.05 Å². The van der Waals surface area contributed by atoms with Crippen LogP contribution in [0.5, 0.6) is 0 Å². The summed E-state index contributed by atoms with van der Waals surface area (Å²) in [4.78, 5) is 12.1. The minimum Gasteiger partial charge on any atom is -0.293 e. The minimum absolute atomic E-state index is 0.0806. The van der Waals surface area contributed by atoms with Crippen LogP contribution in [0.25, 0.3) is 0 Å². The molecule has 1 aromatic heterocycles. The number of rotatable bonds is 4. The fourth-order valence-corrected chi connectivity index (χ4v) is 2.21. The third-order valence-corrected chi connectivity index (χ3v) is 3.49. The number of halogens is 1. The lowest BCUT2D eigenvalue weighted by Crippen LogP contribution is -2.14. The number of nitrogens with zero attached hydrogens (tertiary/aromatic N) is 4. The maximum Gasteiger partial charge on any atom is 0.209 e. The first-order valence-corrected chi connectivity index (χ1v) is 6.14. The van der Waals surface area contributed by atoms with Crippen molar-refractivity contribution in [3.8, 4) is 0 Å². The van der Waals surface area contributed by atoms with Gasteiger partial charge in [0, 0.05) is 12.6 Å². The largest absolute Gasteiger partial charge is 0.293 e. The van der Waals surface area contributed by atoms with Gasteiger partial charge in [0.2, 0.25) is 5.16 Å². The van der Waals surface area contributed by atoms with Gasteiger partial charge >= 0.3 is 0 Å². The first kappa shape index (κ1) is 12.7. The van der Waals surface area contributed by atoms with Crippen molar-refractivity contribution in [3.05, 3.63) is 35.6 Å². The summed E-state index contributed by atoms with van der Waals surface area (Å²) in [6.07, 6.45) is 0. The average Bonchev–Trinajstić information content (AvgIpc) is 2.75. The van der Waals surface area contributed by atoms with Crippen molar-refractivity contribution >= 4 is 17.5 Å². The van der Waals surface area contributed by atoms with Crippen LogP contribution in [0.15, 0.2) is 29.4 Å². The third kappa shape index (κ3) is 2.73. The second-order valence-corrected chi connectivity index (χ2v) is 5.02. The number of tetrazole rings is 1. The summed E-state index contributed by atoms with van der Waals surface area (Å²) in [7, 11) is 1.71. The van der Waals surface area contributed by atoms with E-state index in [1.165, 1.54) is 40.7 Å². The van der Waals surface area contributed by atoms with Crippen molar-refractivity contribution in [3.63, 3.8) is 0 Å². The Morgan fingerprint density at radius 3 is 2.61 bits per heavy atom. The number of hydrogen-bond donors (Lipinski definition) is 0. The Morgan fingerprint density at radius 2 is 2.06 bits per heavy atom. The normalized spacial score (nSPS) is 12.4. The van der Waals surface area contributed by atoms with E-state index in [0.717, 1.165) is 0 Å². The summed E-state index contributed by atoms with van der Waals surface area (Å²) >= 11 is 1.27. The molecule has 0 saturated carbocycles. The zero-order valence-electron chi connectivity index (χ0n) is 9.87. The van der Waals surface area contributed by atoms with Crippen LogP contribution in [-0.2, 0) is 7.05 Å². The number of ketones is 1. The van der Waals surface area contributed by atoms with Crippen molar-refractivity contribution in [1.29, 1.82) is 0 Å². The van der Waals surface area contributed by atoms with Crippen molar-refractivity contribution in [2.45, 2.75) is 17.3 Å². The van der Waals surface area contributed by atoms with E-state index in [1.807, 2.05) is 0 Å². The highest BCUT2D eigenvalue weighted by molar-refractivity contribution is 8.00. The first-order valence-electron chi connectivity index (χ1n) is 5.26. The topological polar surface area (TPSA) is 60.7 Å². The zero-order valence-corrected chi connectivity index (χ0v) is 10.7. The summed E-state index contributed by atoms with van der Waals surface area (Å²) in [5, 5.41) is 11.2. The molecule has 1 aromatic carbocycles. The number of Topliss-reactive ketones (excluding diaryl/α,β-unsaturated/α-hetero) is 1. The predicted octanol–water partition coefficient (Wildman–Crippen LogP) is 1.71. The molecule has 1 unspecified atom stereocenters. The fourth-order valence-electron chi connectivity index (χ4n) is 1.38. The number of thioether (sulfide) groups is 1. The van der Waals surface area contributed by atoms with E-state index in [4.69, 9.17) is 0 Å². The molecule has 7 heteroatoms.